The molecule has 4 rings (SSSR count). The van der Waals surface area contributed by atoms with Gasteiger partial charge in [0, 0.05) is 49.9 Å². The quantitative estimate of drug-likeness (QED) is 0.619. The molecular formula is C23H23FN4O3S. The number of carbonyl (C=O) groups excluding carboxylic acids is 1. The highest BCUT2D eigenvalue weighted by Gasteiger charge is 2.21. The van der Waals surface area contributed by atoms with Gasteiger partial charge in [0.05, 0.1) is 11.3 Å². The highest BCUT2D eigenvalue weighted by molar-refractivity contribution is 7.92. The highest BCUT2D eigenvalue weighted by Crippen LogP contribution is 2.19. The molecule has 2 aromatic carbocycles. The molecule has 0 bridgehead atoms. The SMILES string of the molecule is O=C(Cc1ccc(NS(=O)(=O)c2ccc(F)cc2)cc1)N1CCN(c2ccncc2)CC1. The van der Waals surface area contributed by atoms with E-state index in [0.29, 0.717) is 18.8 Å². The fourth-order valence-corrected chi connectivity index (χ4v) is 4.63. The Kier molecular flexibility index (Phi) is 6.36. The molecule has 1 saturated heterocycles. The summed E-state index contributed by atoms with van der Waals surface area (Å²) < 4.78 is 40.3. The van der Waals surface area contributed by atoms with Crippen molar-refractivity contribution in [2.45, 2.75) is 11.3 Å². The van der Waals surface area contributed by atoms with Gasteiger partial charge in [0.15, 0.2) is 0 Å². The van der Waals surface area contributed by atoms with Crippen LogP contribution in [0.1, 0.15) is 5.56 Å². The van der Waals surface area contributed by atoms with Crippen LogP contribution in [0.15, 0.2) is 78.0 Å². The number of halogens is 1. The van der Waals surface area contributed by atoms with E-state index < -0.39 is 15.8 Å². The first-order chi connectivity index (χ1) is 15.4. The Morgan fingerprint density at radius 1 is 0.906 bits per heavy atom. The summed E-state index contributed by atoms with van der Waals surface area (Å²) in [6.07, 6.45) is 3.77. The molecular weight excluding hydrogens is 431 g/mol. The van der Waals surface area contributed by atoms with Gasteiger partial charge in [0.25, 0.3) is 10.0 Å². The zero-order valence-electron chi connectivity index (χ0n) is 17.3. The largest absolute Gasteiger partial charge is 0.368 e. The van der Waals surface area contributed by atoms with Crippen molar-refractivity contribution >= 4 is 27.3 Å². The maximum absolute atomic E-state index is 13.0. The van der Waals surface area contributed by atoms with Gasteiger partial charge in [-0.15, -0.1) is 0 Å². The summed E-state index contributed by atoms with van der Waals surface area (Å²) in [5, 5.41) is 0. The topological polar surface area (TPSA) is 82.6 Å². The Morgan fingerprint density at radius 3 is 2.16 bits per heavy atom. The lowest BCUT2D eigenvalue weighted by Crippen LogP contribution is -2.49. The van der Waals surface area contributed by atoms with Gasteiger partial charge >= 0.3 is 0 Å². The maximum atomic E-state index is 13.0. The van der Waals surface area contributed by atoms with E-state index in [1.807, 2.05) is 17.0 Å². The van der Waals surface area contributed by atoms with Crippen LogP contribution in [0.5, 0.6) is 0 Å². The first-order valence-electron chi connectivity index (χ1n) is 10.2. The predicted molar refractivity (Wildman–Crippen MR) is 120 cm³/mol. The number of benzene rings is 2. The van der Waals surface area contributed by atoms with Gasteiger partial charge in [-0.3, -0.25) is 14.5 Å². The minimum Gasteiger partial charge on any atom is -0.368 e. The predicted octanol–water partition coefficient (Wildman–Crippen LogP) is 2.91. The Bertz CT molecular complexity index is 1160. The molecule has 0 atom stereocenters. The second-order valence-electron chi connectivity index (χ2n) is 7.51. The van der Waals surface area contributed by atoms with Gasteiger partial charge in [-0.05, 0) is 54.1 Å². The second kappa shape index (κ2) is 9.35. The van der Waals surface area contributed by atoms with Crippen LogP contribution in [0.2, 0.25) is 0 Å². The van der Waals surface area contributed by atoms with Gasteiger partial charge in [-0.25, -0.2) is 12.8 Å². The summed E-state index contributed by atoms with van der Waals surface area (Å²) in [6.45, 7) is 2.83. The van der Waals surface area contributed by atoms with Crippen molar-refractivity contribution in [1.29, 1.82) is 0 Å². The van der Waals surface area contributed by atoms with Gasteiger partial charge in [0.1, 0.15) is 5.82 Å². The van der Waals surface area contributed by atoms with Crippen molar-refractivity contribution in [3.05, 3.63) is 84.4 Å². The molecule has 1 aliphatic rings. The van der Waals surface area contributed by atoms with Crippen molar-refractivity contribution in [3.63, 3.8) is 0 Å². The van der Waals surface area contributed by atoms with E-state index in [9.17, 15) is 17.6 Å². The highest BCUT2D eigenvalue weighted by atomic mass is 32.2. The van der Waals surface area contributed by atoms with Crippen molar-refractivity contribution in [3.8, 4) is 0 Å². The molecule has 0 spiro atoms. The smallest absolute Gasteiger partial charge is 0.261 e. The molecule has 0 radical (unpaired) electrons. The third-order valence-electron chi connectivity index (χ3n) is 5.35. The number of carbonyl (C=O) groups is 1. The van der Waals surface area contributed by atoms with Crippen LogP contribution in [0.4, 0.5) is 15.8 Å². The number of anilines is 2. The molecule has 1 N–H and O–H groups in total. The zero-order chi connectivity index (χ0) is 22.6. The van der Waals surface area contributed by atoms with Crippen LogP contribution in [-0.4, -0.2) is 50.4 Å². The number of hydrogen-bond acceptors (Lipinski definition) is 5. The van der Waals surface area contributed by atoms with E-state index in [2.05, 4.69) is 14.6 Å². The Balaban J connectivity index is 1.32. The molecule has 2 heterocycles. The van der Waals surface area contributed by atoms with Crippen LogP contribution < -0.4 is 9.62 Å². The van der Waals surface area contributed by atoms with E-state index in [1.54, 1.807) is 36.7 Å². The summed E-state index contributed by atoms with van der Waals surface area (Å²) >= 11 is 0. The van der Waals surface area contributed by atoms with Crippen molar-refractivity contribution in [2.24, 2.45) is 0 Å². The maximum Gasteiger partial charge on any atom is 0.261 e. The first kappa shape index (κ1) is 21.8. The second-order valence-corrected chi connectivity index (χ2v) is 9.19. The number of amides is 1. The average Bonchev–Trinajstić information content (AvgIpc) is 2.81. The lowest BCUT2D eigenvalue weighted by atomic mass is 10.1. The van der Waals surface area contributed by atoms with E-state index in [-0.39, 0.29) is 17.2 Å². The Labute approximate surface area is 186 Å². The summed E-state index contributed by atoms with van der Waals surface area (Å²) in [4.78, 5) is 20.8. The number of piperazine rings is 1. The number of nitrogens with one attached hydrogen (secondary N) is 1. The van der Waals surface area contributed by atoms with Crippen molar-refractivity contribution in [1.82, 2.24) is 9.88 Å². The van der Waals surface area contributed by atoms with Crippen LogP contribution in [0.25, 0.3) is 0 Å². The molecule has 32 heavy (non-hydrogen) atoms. The summed E-state index contributed by atoms with van der Waals surface area (Å²) in [6, 6.07) is 15.2. The summed E-state index contributed by atoms with van der Waals surface area (Å²) in [5.41, 5.74) is 2.28. The molecule has 0 saturated carbocycles. The summed E-state index contributed by atoms with van der Waals surface area (Å²) in [7, 11) is -3.81. The molecule has 7 nitrogen and oxygen atoms in total. The molecule has 9 heteroatoms. The average molecular weight is 455 g/mol. The molecule has 0 aliphatic carbocycles. The number of sulfonamides is 1. The van der Waals surface area contributed by atoms with Gasteiger partial charge in [-0.1, -0.05) is 12.1 Å². The number of aromatic nitrogens is 1. The number of pyridine rings is 1. The van der Waals surface area contributed by atoms with Gasteiger partial charge < -0.3 is 9.80 Å². The van der Waals surface area contributed by atoms with Crippen molar-refractivity contribution < 1.29 is 17.6 Å². The number of nitrogens with zero attached hydrogens (tertiary/aromatic N) is 3. The van der Waals surface area contributed by atoms with Crippen LogP contribution in [0, 0.1) is 5.82 Å². The molecule has 1 fully saturated rings. The Hall–Kier alpha value is -3.46. The molecule has 1 amide bonds. The fraction of sp³-hybridized carbons (Fsp3) is 0.217. The normalized spacial score (nSPS) is 14.3. The molecule has 1 aromatic heterocycles. The third-order valence-corrected chi connectivity index (χ3v) is 6.74. The van der Waals surface area contributed by atoms with Gasteiger partial charge in [0.2, 0.25) is 5.91 Å². The molecule has 166 valence electrons. The minimum atomic E-state index is -3.81. The van der Waals surface area contributed by atoms with E-state index in [4.69, 9.17) is 0 Å². The lowest BCUT2D eigenvalue weighted by Gasteiger charge is -2.36. The third kappa shape index (κ3) is 5.23. The lowest BCUT2D eigenvalue weighted by molar-refractivity contribution is -0.130. The van der Waals surface area contributed by atoms with E-state index in [1.165, 1.54) is 12.1 Å². The standard InChI is InChI=1S/C23H23FN4O3S/c24-19-3-7-22(8-4-19)32(30,31)26-20-5-1-18(2-6-20)17-23(29)28-15-13-27(14-16-28)21-9-11-25-12-10-21/h1-12,26H,13-17H2. The molecule has 3 aromatic rings. The number of hydrogen-bond donors (Lipinski definition) is 1. The summed E-state index contributed by atoms with van der Waals surface area (Å²) in [5.74, 6) is -0.462. The monoisotopic (exact) mass is 454 g/mol. The minimum absolute atomic E-state index is 0.0240. The first-order valence-corrected chi connectivity index (χ1v) is 11.7. The fourth-order valence-electron chi connectivity index (χ4n) is 3.57. The molecule has 0 unspecified atom stereocenters. The van der Waals surface area contributed by atoms with Crippen LogP contribution in [-0.2, 0) is 21.2 Å². The molecule has 1 aliphatic heterocycles. The van der Waals surface area contributed by atoms with Crippen molar-refractivity contribution in [2.75, 3.05) is 35.8 Å². The van der Waals surface area contributed by atoms with Crippen LogP contribution in [0.3, 0.4) is 0 Å². The van der Waals surface area contributed by atoms with Gasteiger partial charge in [-0.2, -0.15) is 0 Å². The van der Waals surface area contributed by atoms with E-state index >= 15 is 0 Å². The Morgan fingerprint density at radius 2 is 1.53 bits per heavy atom. The van der Waals surface area contributed by atoms with Crippen LogP contribution >= 0.6 is 0 Å². The number of rotatable bonds is 6. The van der Waals surface area contributed by atoms with E-state index in [0.717, 1.165) is 36.5 Å². The zero-order valence-corrected chi connectivity index (χ0v) is 18.1.